The molecule has 0 unspecified atom stereocenters. The Morgan fingerprint density at radius 2 is 1.30 bits per heavy atom. The molecule has 4 N–H and O–H groups in total. The van der Waals surface area contributed by atoms with Gasteiger partial charge >= 0.3 is 6.18 Å². The highest BCUT2D eigenvalue weighted by molar-refractivity contribution is 6.31. The molecule has 2 aliphatic carbocycles. The van der Waals surface area contributed by atoms with E-state index < -0.39 is 161 Å². The fraction of sp³-hybridized carbons (Fsp3) is 0.738. The second kappa shape index (κ2) is 31.9. The summed E-state index contributed by atoms with van der Waals surface area (Å²) in [5.41, 5.74) is -2.24. The lowest BCUT2D eigenvalue weighted by molar-refractivity contribution is -0.158. The molecule has 1 aromatic rings. The number of hydrogen-bond donors (Lipinski definition) is 4. The van der Waals surface area contributed by atoms with Crippen molar-refractivity contribution in [3.63, 3.8) is 0 Å². The third-order valence-electron chi connectivity index (χ3n) is 19.4. The van der Waals surface area contributed by atoms with Crippen molar-refractivity contribution in [3.05, 3.63) is 34.3 Å². The van der Waals surface area contributed by atoms with Crippen LogP contribution in [-0.4, -0.2) is 215 Å². The van der Waals surface area contributed by atoms with E-state index in [0.717, 1.165) is 49.1 Å². The quantitative estimate of drug-likeness (QED) is 0.234. The number of halogens is 4. The third kappa shape index (κ3) is 18.2. The van der Waals surface area contributed by atoms with Crippen molar-refractivity contribution >= 4 is 76.6 Å². The van der Waals surface area contributed by atoms with Gasteiger partial charge in [-0.3, -0.25) is 52.7 Å². The molecule has 9 atom stereocenters. The van der Waals surface area contributed by atoms with Gasteiger partial charge in [0.25, 0.3) is 0 Å². The molecule has 1 spiro atoms. The van der Waals surface area contributed by atoms with E-state index in [1.54, 1.807) is 27.7 Å². The molecular formula is C65H99ClF3N11O11. The van der Waals surface area contributed by atoms with Crippen molar-refractivity contribution < 1.29 is 65.9 Å². The van der Waals surface area contributed by atoms with Crippen LogP contribution in [0.5, 0.6) is 0 Å². The fourth-order valence-corrected chi connectivity index (χ4v) is 14.1. The van der Waals surface area contributed by atoms with Crippen LogP contribution >= 0.6 is 11.6 Å². The Balaban J connectivity index is 1.36. The van der Waals surface area contributed by atoms with Crippen molar-refractivity contribution in [2.45, 2.75) is 224 Å². The Labute approximate surface area is 539 Å². The number of amides is 11. The summed E-state index contributed by atoms with van der Waals surface area (Å²) < 4.78 is 41.3. The van der Waals surface area contributed by atoms with Gasteiger partial charge in [0.15, 0.2) is 0 Å². The summed E-state index contributed by atoms with van der Waals surface area (Å²) in [5, 5.41) is 11.0. The first-order valence-corrected chi connectivity index (χ1v) is 33.1. The highest BCUT2D eigenvalue weighted by Gasteiger charge is 2.50. The van der Waals surface area contributed by atoms with Gasteiger partial charge in [-0.2, -0.15) is 13.2 Å². The summed E-state index contributed by atoms with van der Waals surface area (Å²) in [6, 6.07) is -5.52. The molecule has 0 radical (unpaired) electrons. The molecule has 6 rings (SSSR count). The van der Waals surface area contributed by atoms with E-state index in [4.69, 9.17) is 11.6 Å². The first-order valence-electron chi connectivity index (χ1n) is 32.7. The standard InChI is InChI=1S/C65H99ClF3N11O11/c1-13-40(6)54-62(90)75(9)37-53(83)79-31-27-48(79)61(89)77(11)50(35-42-20-15-14-16-21-42)60(88)74(8)36-51(81)71-46(26-24-43-23-25-44(45(66)34-43)65(67,68)69)59(87)80-30-19-22-47(80)57(85)73-64(28-17-18-29-64)63(91)78(12)55(39(4)5)58(86)70-41(7)33-52(82)76(10)49(32-38(2)3)56(84)72-54/h23,25,34,38-42,46-50,54-55H,13-22,24,26-33,35-37H2,1-12H3,(H,70,86)(H,71,81)(H,72,84)(H,73,85)/t40-,41+,46-,47-,48-,49-,50-,54-,55-/m0/s1. The topological polar surface area (TPSA) is 259 Å². The van der Waals surface area contributed by atoms with Gasteiger partial charge in [0.2, 0.25) is 65.0 Å². The van der Waals surface area contributed by atoms with E-state index >= 15 is 9.59 Å². The van der Waals surface area contributed by atoms with Crippen LogP contribution in [0.25, 0.3) is 0 Å². The number of fused-ring (bicyclic) bond motifs is 2. The van der Waals surface area contributed by atoms with Crippen molar-refractivity contribution in [2.24, 2.45) is 23.7 Å². The van der Waals surface area contributed by atoms with Crippen LogP contribution in [-0.2, 0) is 65.3 Å². The second-order valence-electron chi connectivity index (χ2n) is 27.2. The third-order valence-corrected chi connectivity index (χ3v) is 19.7. The van der Waals surface area contributed by atoms with Gasteiger partial charge in [-0.15, -0.1) is 0 Å². The maximum Gasteiger partial charge on any atom is 0.417 e. The molecule has 3 aliphatic heterocycles. The number of aryl methyl sites for hydroxylation is 1. The van der Waals surface area contributed by atoms with Gasteiger partial charge in [0, 0.05) is 60.8 Å². The summed E-state index contributed by atoms with van der Waals surface area (Å²) in [7, 11) is 7.27. The number of rotatable bonds is 10. The molecule has 26 heteroatoms. The number of likely N-dealkylation sites (N-methyl/N-ethyl adjacent to an activating group) is 5. The van der Waals surface area contributed by atoms with E-state index in [1.165, 1.54) is 70.7 Å². The highest BCUT2D eigenvalue weighted by atomic mass is 35.5. The molecule has 2 saturated carbocycles. The molecule has 3 saturated heterocycles. The number of carbonyl (C=O) groups excluding carboxylic acids is 11. The first kappa shape index (κ1) is 73.5. The number of nitrogens with one attached hydrogen (secondary N) is 4. The summed E-state index contributed by atoms with van der Waals surface area (Å²) >= 11 is 6.12. The number of hydrogen-bond acceptors (Lipinski definition) is 11. The number of alkyl halides is 3. The van der Waals surface area contributed by atoms with Crippen LogP contribution in [0.1, 0.15) is 169 Å². The molecule has 22 nitrogen and oxygen atoms in total. The average Bonchev–Trinajstić information content (AvgIpc) is 2.40. The molecule has 0 bridgehead atoms. The average molecular weight is 1300 g/mol. The van der Waals surface area contributed by atoms with Crippen LogP contribution in [0.15, 0.2) is 18.2 Å². The summed E-state index contributed by atoms with van der Waals surface area (Å²) in [6.07, 6.45) is 2.42. The molecule has 5 aliphatic rings. The molecule has 3 heterocycles. The summed E-state index contributed by atoms with van der Waals surface area (Å²) in [4.78, 5) is 169. The minimum atomic E-state index is -4.74. The highest BCUT2D eigenvalue weighted by Crippen LogP contribution is 2.37. The summed E-state index contributed by atoms with van der Waals surface area (Å²) in [5.74, 6) is -7.52. The number of carbonyl (C=O) groups is 11. The van der Waals surface area contributed by atoms with E-state index in [9.17, 15) is 56.3 Å². The lowest BCUT2D eigenvalue weighted by Gasteiger charge is -2.44. The minimum absolute atomic E-state index is 0.0429. The van der Waals surface area contributed by atoms with Gasteiger partial charge < -0.3 is 55.6 Å². The smallest absolute Gasteiger partial charge is 0.351 e. The van der Waals surface area contributed by atoms with E-state index in [0.29, 0.717) is 31.2 Å². The molecule has 0 aromatic heterocycles. The molecule has 5 fully saturated rings. The van der Waals surface area contributed by atoms with E-state index in [2.05, 4.69) is 21.3 Å². The van der Waals surface area contributed by atoms with Crippen LogP contribution in [0.2, 0.25) is 5.02 Å². The Hall–Kier alpha value is -6.53. The molecule has 1 aromatic carbocycles. The largest absolute Gasteiger partial charge is 0.417 e. The predicted octanol–water partition coefficient (Wildman–Crippen LogP) is 5.31. The van der Waals surface area contributed by atoms with Gasteiger partial charge in [0.05, 0.1) is 23.7 Å². The number of nitrogens with zero attached hydrogens (tertiary/aromatic N) is 7. The van der Waals surface area contributed by atoms with Crippen LogP contribution < -0.4 is 21.3 Å². The zero-order chi connectivity index (χ0) is 67.6. The zero-order valence-electron chi connectivity index (χ0n) is 55.3. The van der Waals surface area contributed by atoms with Crippen molar-refractivity contribution in [2.75, 3.05) is 61.4 Å². The van der Waals surface area contributed by atoms with Gasteiger partial charge in [-0.1, -0.05) is 111 Å². The Morgan fingerprint density at radius 1 is 0.648 bits per heavy atom. The van der Waals surface area contributed by atoms with Gasteiger partial charge in [-0.25, -0.2) is 0 Å². The zero-order valence-corrected chi connectivity index (χ0v) is 56.1. The first-order chi connectivity index (χ1) is 42.7. The van der Waals surface area contributed by atoms with E-state index in [-0.39, 0.29) is 82.7 Å². The molecule has 508 valence electrons. The normalized spacial score (nSPS) is 27.5. The predicted molar refractivity (Wildman–Crippen MR) is 335 cm³/mol. The molecule has 11 amide bonds. The maximum absolute atomic E-state index is 15.0. The van der Waals surface area contributed by atoms with Gasteiger partial charge in [-0.05, 0) is 106 Å². The maximum atomic E-state index is 15.0. The van der Waals surface area contributed by atoms with Crippen LogP contribution in [0, 0.1) is 23.7 Å². The molecule has 91 heavy (non-hydrogen) atoms. The lowest BCUT2D eigenvalue weighted by Crippen LogP contribution is -2.64. The SMILES string of the molecule is CC[C@H](C)[C@@H]1NC(=O)[C@H](CC(C)C)N(C)C(=O)C[C@@H](C)NC(=O)[C@H](C(C)C)N(C)C(=O)C2(CCCC2)NC(=O)[C@@H]2CCCN2C(=O)[C@H](CCc2ccc(C(F)(F)F)c(Cl)c2)NC(=O)CN(C)C(=O)[C@H](CC2CCCCC2)N(C)C(=O)[C@@H]2CCN2C(=O)CN(C)C1=O. The second-order valence-corrected chi connectivity index (χ2v) is 27.6. The Bertz CT molecular complexity index is 2830. The monoisotopic (exact) mass is 1300 g/mol. The van der Waals surface area contributed by atoms with Crippen molar-refractivity contribution in [1.82, 2.24) is 55.6 Å². The van der Waals surface area contributed by atoms with Crippen LogP contribution in [0.4, 0.5) is 13.2 Å². The molecular weight excluding hydrogens is 1200 g/mol. The summed E-state index contributed by atoms with van der Waals surface area (Å²) in [6.45, 7) is 11.7. The van der Waals surface area contributed by atoms with Gasteiger partial charge in [0.1, 0.15) is 47.8 Å². The van der Waals surface area contributed by atoms with Crippen molar-refractivity contribution in [1.29, 1.82) is 0 Å². The van der Waals surface area contributed by atoms with Crippen LogP contribution in [0.3, 0.4) is 0 Å². The minimum Gasteiger partial charge on any atom is -0.351 e. The Morgan fingerprint density at radius 3 is 1.88 bits per heavy atom. The Kier molecular flexibility index (Phi) is 25.7. The fourth-order valence-electron chi connectivity index (χ4n) is 13.8. The number of benzene rings is 1. The van der Waals surface area contributed by atoms with Crippen molar-refractivity contribution in [3.8, 4) is 0 Å². The van der Waals surface area contributed by atoms with E-state index in [1.807, 2.05) is 20.8 Å². The lowest BCUT2D eigenvalue weighted by atomic mass is 9.84.